The molecule has 0 aliphatic carbocycles. The Morgan fingerprint density at radius 2 is 2.06 bits per heavy atom. The van der Waals surface area contributed by atoms with Crippen LogP contribution >= 0.6 is 0 Å². The summed E-state index contributed by atoms with van der Waals surface area (Å²) >= 11 is 0. The van der Waals surface area contributed by atoms with Crippen LogP contribution in [-0.2, 0) is 4.79 Å². The minimum atomic E-state index is -0.350. The zero-order chi connectivity index (χ0) is 11.5. The molecule has 1 amide bonds. The van der Waals surface area contributed by atoms with Gasteiger partial charge >= 0.3 is 0 Å². The molecule has 0 aromatic heterocycles. The number of nitrogens with zero attached hydrogens (tertiary/aromatic N) is 1. The second-order valence-electron chi connectivity index (χ2n) is 4.17. The summed E-state index contributed by atoms with van der Waals surface area (Å²) in [5.74, 6) is 0.0154. The summed E-state index contributed by atoms with van der Waals surface area (Å²) in [6, 6.07) is 9.32. The number of nitrogens with two attached hydrogens (primary N) is 1. The fourth-order valence-electron chi connectivity index (χ4n) is 1.79. The van der Waals surface area contributed by atoms with Crippen LogP contribution in [0.1, 0.15) is 18.0 Å². The van der Waals surface area contributed by atoms with Crippen LogP contribution in [0, 0.1) is 0 Å². The Balaban J connectivity index is 1.88. The first-order valence-corrected chi connectivity index (χ1v) is 5.43. The number of β-amino-alcohol motifs (C(OH)–C–C–N with tert-alkyl or cyclic N) is 1. The van der Waals surface area contributed by atoms with Crippen molar-refractivity contribution in [1.29, 1.82) is 0 Å². The van der Waals surface area contributed by atoms with Gasteiger partial charge in [0.2, 0.25) is 5.91 Å². The number of carbonyl (C=O) groups excluding carboxylic acids is 1. The number of aliphatic hydroxyl groups is 1. The Bertz CT molecular complexity index is 361. The summed E-state index contributed by atoms with van der Waals surface area (Å²) in [6.45, 7) is 0.890. The number of aliphatic hydroxyl groups excluding tert-OH is 1. The summed E-state index contributed by atoms with van der Waals surface area (Å²) in [7, 11) is 0. The highest BCUT2D eigenvalue weighted by Crippen LogP contribution is 2.17. The lowest BCUT2D eigenvalue weighted by Gasteiger charge is -2.36. The Morgan fingerprint density at radius 3 is 2.62 bits per heavy atom. The molecule has 0 radical (unpaired) electrons. The van der Waals surface area contributed by atoms with E-state index in [0.717, 1.165) is 5.56 Å². The summed E-state index contributed by atoms with van der Waals surface area (Å²) in [6.07, 6.45) is -0.0478. The van der Waals surface area contributed by atoms with Gasteiger partial charge in [-0.3, -0.25) is 4.79 Å². The van der Waals surface area contributed by atoms with Crippen molar-refractivity contribution >= 4 is 5.91 Å². The normalized spacial score (nSPS) is 18.0. The molecular formula is C12H16N2O2. The van der Waals surface area contributed by atoms with Gasteiger partial charge in [0, 0.05) is 25.6 Å². The van der Waals surface area contributed by atoms with E-state index in [1.54, 1.807) is 4.90 Å². The largest absolute Gasteiger partial charge is 0.389 e. The number of carbonyl (C=O) groups is 1. The zero-order valence-corrected chi connectivity index (χ0v) is 9.04. The summed E-state index contributed by atoms with van der Waals surface area (Å²) in [5.41, 5.74) is 6.91. The Labute approximate surface area is 94.7 Å². The maximum absolute atomic E-state index is 11.7. The van der Waals surface area contributed by atoms with E-state index in [4.69, 9.17) is 10.8 Å². The van der Waals surface area contributed by atoms with Crippen molar-refractivity contribution in [1.82, 2.24) is 4.90 Å². The second-order valence-corrected chi connectivity index (χ2v) is 4.17. The van der Waals surface area contributed by atoms with Crippen LogP contribution in [-0.4, -0.2) is 35.1 Å². The summed E-state index contributed by atoms with van der Waals surface area (Å²) in [5, 5.41) is 9.09. The van der Waals surface area contributed by atoms with E-state index in [-0.39, 0.29) is 18.1 Å². The Hall–Kier alpha value is -1.39. The van der Waals surface area contributed by atoms with Crippen LogP contribution in [0.2, 0.25) is 0 Å². The molecule has 1 atom stereocenters. The van der Waals surface area contributed by atoms with Crippen molar-refractivity contribution in [2.75, 3.05) is 13.1 Å². The van der Waals surface area contributed by atoms with E-state index >= 15 is 0 Å². The molecule has 0 unspecified atom stereocenters. The van der Waals surface area contributed by atoms with Gasteiger partial charge in [-0.2, -0.15) is 0 Å². The molecule has 16 heavy (non-hydrogen) atoms. The monoisotopic (exact) mass is 220 g/mol. The lowest BCUT2D eigenvalue weighted by molar-refractivity contribution is -0.141. The third-order valence-corrected chi connectivity index (χ3v) is 2.84. The van der Waals surface area contributed by atoms with Gasteiger partial charge < -0.3 is 15.7 Å². The number of benzene rings is 1. The molecule has 1 fully saturated rings. The number of likely N-dealkylation sites (tertiary alicyclic amines) is 1. The van der Waals surface area contributed by atoms with E-state index in [9.17, 15) is 4.79 Å². The molecule has 4 nitrogen and oxygen atoms in total. The standard InChI is InChI=1S/C12H16N2O2/c13-11(9-4-2-1-3-5-9)6-12(16)14-7-10(15)8-14/h1-5,10-11,15H,6-8,13H2/t11-/m0/s1. The first kappa shape index (κ1) is 11.1. The SMILES string of the molecule is N[C@@H](CC(=O)N1CC(O)C1)c1ccccc1. The maximum Gasteiger partial charge on any atom is 0.224 e. The average Bonchev–Trinajstić information content (AvgIpc) is 2.26. The molecule has 0 saturated carbocycles. The van der Waals surface area contributed by atoms with Gasteiger partial charge in [0.1, 0.15) is 0 Å². The highest BCUT2D eigenvalue weighted by molar-refractivity contribution is 5.78. The Kier molecular flexibility index (Phi) is 3.22. The molecule has 1 aromatic carbocycles. The van der Waals surface area contributed by atoms with Gasteiger partial charge in [0.15, 0.2) is 0 Å². The van der Waals surface area contributed by atoms with Crippen LogP contribution in [0.3, 0.4) is 0 Å². The quantitative estimate of drug-likeness (QED) is 0.769. The summed E-state index contributed by atoms with van der Waals surface area (Å²) in [4.78, 5) is 13.3. The lowest BCUT2D eigenvalue weighted by Crippen LogP contribution is -2.53. The van der Waals surface area contributed by atoms with E-state index in [0.29, 0.717) is 19.5 Å². The number of rotatable bonds is 3. The Morgan fingerprint density at radius 1 is 1.44 bits per heavy atom. The van der Waals surface area contributed by atoms with Gasteiger partial charge in [-0.25, -0.2) is 0 Å². The van der Waals surface area contributed by atoms with E-state index in [1.165, 1.54) is 0 Å². The second kappa shape index (κ2) is 4.63. The molecule has 1 saturated heterocycles. The van der Waals surface area contributed by atoms with E-state index in [2.05, 4.69) is 0 Å². The van der Waals surface area contributed by atoms with Crippen molar-refractivity contribution in [2.24, 2.45) is 5.73 Å². The highest BCUT2D eigenvalue weighted by atomic mass is 16.3. The third kappa shape index (κ3) is 2.40. The minimum Gasteiger partial charge on any atom is -0.389 e. The smallest absolute Gasteiger partial charge is 0.224 e. The van der Waals surface area contributed by atoms with Crippen molar-refractivity contribution in [3.63, 3.8) is 0 Å². The first-order valence-electron chi connectivity index (χ1n) is 5.43. The zero-order valence-electron chi connectivity index (χ0n) is 9.04. The van der Waals surface area contributed by atoms with E-state index < -0.39 is 0 Å². The van der Waals surface area contributed by atoms with Crippen molar-refractivity contribution < 1.29 is 9.90 Å². The molecule has 1 heterocycles. The predicted molar refractivity (Wildman–Crippen MR) is 60.6 cm³/mol. The van der Waals surface area contributed by atoms with E-state index in [1.807, 2.05) is 30.3 Å². The number of amides is 1. The average molecular weight is 220 g/mol. The van der Waals surface area contributed by atoms with Crippen molar-refractivity contribution in [3.8, 4) is 0 Å². The highest BCUT2D eigenvalue weighted by Gasteiger charge is 2.29. The van der Waals surface area contributed by atoms with Crippen molar-refractivity contribution in [2.45, 2.75) is 18.6 Å². The maximum atomic E-state index is 11.7. The molecule has 0 spiro atoms. The van der Waals surface area contributed by atoms with Crippen LogP contribution < -0.4 is 5.73 Å². The van der Waals surface area contributed by atoms with Crippen LogP contribution in [0.5, 0.6) is 0 Å². The topological polar surface area (TPSA) is 66.6 Å². The molecular weight excluding hydrogens is 204 g/mol. The fraction of sp³-hybridized carbons (Fsp3) is 0.417. The third-order valence-electron chi connectivity index (χ3n) is 2.84. The summed E-state index contributed by atoms with van der Waals surface area (Å²) < 4.78 is 0. The molecule has 1 aromatic rings. The van der Waals surface area contributed by atoms with Gasteiger partial charge in [-0.1, -0.05) is 30.3 Å². The molecule has 1 aliphatic heterocycles. The molecule has 3 N–H and O–H groups in total. The van der Waals surface area contributed by atoms with Gasteiger partial charge in [0.05, 0.1) is 6.10 Å². The molecule has 86 valence electrons. The van der Waals surface area contributed by atoms with Crippen LogP contribution in [0.25, 0.3) is 0 Å². The van der Waals surface area contributed by atoms with Crippen LogP contribution in [0.15, 0.2) is 30.3 Å². The predicted octanol–water partition coefficient (Wildman–Crippen LogP) is 0.280. The van der Waals surface area contributed by atoms with Gasteiger partial charge in [0.25, 0.3) is 0 Å². The molecule has 4 heteroatoms. The number of hydrogen-bond acceptors (Lipinski definition) is 3. The molecule has 1 aliphatic rings. The van der Waals surface area contributed by atoms with Gasteiger partial charge in [-0.15, -0.1) is 0 Å². The minimum absolute atomic E-state index is 0.0154. The number of hydrogen-bond donors (Lipinski definition) is 2. The molecule has 0 bridgehead atoms. The first-order chi connectivity index (χ1) is 7.66. The lowest BCUT2D eigenvalue weighted by atomic mass is 10.0. The van der Waals surface area contributed by atoms with Gasteiger partial charge in [-0.05, 0) is 5.56 Å². The fourth-order valence-corrected chi connectivity index (χ4v) is 1.79. The molecule has 2 rings (SSSR count). The van der Waals surface area contributed by atoms with Crippen LogP contribution in [0.4, 0.5) is 0 Å². The van der Waals surface area contributed by atoms with Crippen molar-refractivity contribution in [3.05, 3.63) is 35.9 Å².